The fourth-order valence-corrected chi connectivity index (χ4v) is 10.1. The van der Waals surface area contributed by atoms with Gasteiger partial charge in [0.15, 0.2) is 11.4 Å². The Hall–Kier alpha value is -6.87. The van der Waals surface area contributed by atoms with Crippen LogP contribution < -0.4 is 4.74 Å². The summed E-state index contributed by atoms with van der Waals surface area (Å²) in [6.45, 7) is 11.2. The number of aromatic nitrogens is 5. The van der Waals surface area contributed by atoms with Crippen LogP contribution in [0.25, 0.3) is 44.6 Å². The van der Waals surface area contributed by atoms with Gasteiger partial charge in [-0.2, -0.15) is 0 Å². The summed E-state index contributed by atoms with van der Waals surface area (Å²) in [4.78, 5) is 35.2. The van der Waals surface area contributed by atoms with Gasteiger partial charge in [0.05, 0.1) is 28.2 Å². The molecule has 6 aromatic rings. The van der Waals surface area contributed by atoms with E-state index in [0.29, 0.717) is 60.2 Å². The number of phenols is 2. The predicted octanol–water partition coefficient (Wildman–Crippen LogP) is 7.71. The Balaban J connectivity index is 0.783. The lowest BCUT2D eigenvalue weighted by Crippen LogP contribution is -2.47. The van der Waals surface area contributed by atoms with Crippen molar-refractivity contribution >= 4 is 39.6 Å². The summed E-state index contributed by atoms with van der Waals surface area (Å²) in [5.41, 5.74) is 7.32. The molecule has 1 saturated heterocycles. The second kappa shape index (κ2) is 15.7. The van der Waals surface area contributed by atoms with Crippen molar-refractivity contribution in [1.82, 2.24) is 34.1 Å². The first kappa shape index (κ1) is 41.2. The molecule has 0 unspecified atom stereocenters. The normalized spacial score (nSPS) is 18.7. The van der Waals surface area contributed by atoms with Crippen LogP contribution in [0.4, 0.5) is 4.79 Å². The Morgan fingerprint density at radius 3 is 2.56 bits per heavy atom. The molecule has 64 heavy (non-hydrogen) atoms. The molecule has 15 nitrogen and oxygen atoms in total. The first-order valence-electron chi connectivity index (χ1n) is 22.2. The van der Waals surface area contributed by atoms with Crippen LogP contribution in [0.15, 0.2) is 78.0 Å². The number of fused-ring (bicyclic) bond motifs is 5. The number of aliphatic hydroxyl groups is 1. The van der Waals surface area contributed by atoms with E-state index in [2.05, 4.69) is 32.8 Å². The smallest absolute Gasteiger partial charge is 0.415 e. The van der Waals surface area contributed by atoms with Gasteiger partial charge < -0.3 is 44.3 Å². The Morgan fingerprint density at radius 2 is 1.80 bits per heavy atom. The lowest BCUT2D eigenvalue weighted by molar-refractivity contribution is -0.163. The van der Waals surface area contributed by atoms with Gasteiger partial charge in [0.2, 0.25) is 0 Å². The predicted molar refractivity (Wildman–Crippen MR) is 239 cm³/mol. The Morgan fingerprint density at radius 1 is 0.984 bits per heavy atom. The molecule has 7 heterocycles. The number of hydrogen-bond donors (Lipinski definition) is 4. The third kappa shape index (κ3) is 6.80. The topological polar surface area (TPSA) is 189 Å². The van der Waals surface area contributed by atoms with E-state index in [4.69, 9.17) is 14.5 Å². The number of likely N-dealkylation sites (tertiary alicyclic amines) is 1. The summed E-state index contributed by atoms with van der Waals surface area (Å²) >= 11 is 0. The van der Waals surface area contributed by atoms with E-state index in [1.54, 1.807) is 24.0 Å². The molecule has 4 aliphatic heterocycles. The Bertz CT molecular complexity index is 2960. The molecular formula is C49H51N7O8. The summed E-state index contributed by atoms with van der Waals surface area (Å²) in [6, 6.07) is 16.1. The molecule has 0 radical (unpaired) electrons. The number of benzene rings is 3. The quantitative estimate of drug-likeness (QED) is 0.104. The Labute approximate surface area is 369 Å². The van der Waals surface area contributed by atoms with Crippen molar-refractivity contribution < 1.29 is 39.5 Å². The minimum Gasteiger partial charge on any atom is -0.508 e. The van der Waals surface area contributed by atoms with Crippen molar-refractivity contribution in [1.29, 1.82) is 0 Å². The summed E-state index contributed by atoms with van der Waals surface area (Å²) in [5, 5.41) is 53.2. The van der Waals surface area contributed by atoms with Crippen molar-refractivity contribution in [3.8, 4) is 40.3 Å². The van der Waals surface area contributed by atoms with Crippen molar-refractivity contribution in [2.24, 2.45) is 5.92 Å². The molecule has 3 aromatic heterocycles. The number of nitrogens with zero attached hydrogens (tertiary/aromatic N) is 7. The Kier molecular flexibility index (Phi) is 10.1. The fraction of sp³-hybridized carbons (Fsp3) is 0.367. The van der Waals surface area contributed by atoms with Crippen LogP contribution in [-0.4, -0.2) is 98.4 Å². The number of rotatable bonds is 9. The summed E-state index contributed by atoms with van der Waals surface area (Å²) < 4.78 is 15.1. The minimum atomic E-state index is -1.66. The highest BCUT2D eigenvalue weighted by Gasteiger charge is 2.47. The standard InChI is InChI=1S/C49H51N7O8/c1-5-33-35-20-32(8-9-39(35)50-44-37(33)25-55-24-30-26-63-46(59)49(62,6-2)38(30)22-41(44)55)64-48(61)54-16-12-28(13-17-54)11-15-53-18-14-29-19-31(7-10-40(29)53)56-45(51-52-47(56)60)36-21-34(27(3)4)42(57)23-43(36)58/h7-10,14,18-23,27-28,57-58,62H,5-6,11-13,15-17,24-26H2,1-4H3,(H,52,60)/t49-/m0/s1. The van der Waals surface area contributed by atoms with E-state index in [1.807, 2.05) is 56.3 Å². The van der Waals surface area contributed by atoms with Gasteiger partial charge in [-0.3, -0.25) is 0 Å². The van der Waals surface area contributed by atoms with Crippen LogP contribution in [0.5, 0.6) is 23.3 Å². The van der Waals surface area contributed by atoms with Gasteiger partial charge in [0.25, 0.3) is 0 Å². The van der Waals surface area contributed by atoms with Gasteiger partial charge in [-0.1, -0.05) is 32.8 Å². The van der Waals surface area contributed by atoms with Gasteiger partial charge in [-0.05, 0) is 115 Å². The summed E-state index contributed by atoms with van der Waals surface area (Å²) in [7, 11) is 0. The number of aromatic hydroxyl groups is 3. The van der Waals surface area contributed by atoms with Gasteiger partial charge in [-0.15, -0.1) is 5.10 Å². The number of carbonyl (C=O) groups is 2. The van der Waals surface area contributed by atoms with Crippen LogP contribution in [0.1, 0.15) is 81.7 Å². The van der Waals surface area contributed by atoms with Crippen molar-refractivity contribution in [2.45, 2.75) is 84.4 Å². The number of aryl methyl sites for hydroxylation is 2. The molecule has 0 aliphatic carbocycles. The monoisotopic (exact) mass is 865 g/mol. The summed E-state index contributed by atoms with van der Waals surface area (Å²) in [6.07, 6.45) is 7.28. The number of esters is 1. The first-order valence-corrected chi connectivity index (χ1v) is 22.2. The van der Waals surface area contributed by atoms with Gasteiger partial charge in [-0.25, -0.2) is 19.1 Å². The molecular weight excluding hydrogens is 815 g/mol. The number of pyridine rings is 1. The van der Waals surface area contributed by atoms with Crippen molar-refractivity contribution in [3.05, 3.63) is 100 Å². The molecule has 4 N–H and O–H groups in total. The van der Waals surface area contributed by atoms with E-state index >= 15 is 0 Å². The number of cyclic esters (lactones) is 1. The zero-order valence-electron chi connectivity index (χ0n) is 36.3. The maximum Gasteiger partial charge on any atom is 0.415 e. The SMILES string of the molecule is CCc1c2c(nc3ccc(OC(=O)N4CCC(CCn5ccc6cc(-n7c(O)nnc7-c7cc(C(C)C)c(O)cc7O)ccc65)CC4)cc13)C1=CC3=C(COC(=O)[C@]3(O)CC)CN1C2. The molecule has 4 aliphatic rings. The molecule has 330 valence electrons. The lowest BCUT2D eigenvalue weighted by Gasteiger charge is -2.37. The second-order valence-corrected chi connectivity index (χ2v) is 17.7. The molecule has 10 rings (SSSR count). The third-order valence-corrected chi connectivity index (χ3v) is 13.7. The largest absolute Gasteiger partial charge is 0.508 e. The minimum absolute atomic E-state index is 0.00554. The number of hydrogen-bond acceptors (Lipinski definition) is 12. The van der Waals surface area contributed by atoms with E-state index in [9.17, 15) is 30.0 Å². The van der Waals surface area contributed by atoms with Gasteiger partial charge in [0, 0.05) is 72.4 Å². The highest BCUT2D eigenvalue weighted by Crippen LogP contribution is 2.45. The lowest BCUT2D eigenvalue weighted by atomic mass is 9.83. The van der Waals surface area contributed by atoms with E-state index in [1.165, 1.54) is 10.6 Å². The van der Waals surface area contributed by atoms with E-state index in [0.717, 1.165) is 82.1 Å². The van der Waals surface area contributed by atoms with E-state index in [-0.39, 0.29) is 48.4 Å². The third-order valence-electron chi connectivity index (χ3n) is 13.7. The number of piperidine rings is 1. The number of carbonyl (C=O) groups excluding carboxylic acids is 2. The van der Waals surface area contributed by atoms with Crippen molar-refractivity contribution in [3.63, 3.8) is 0 Å². The summed E-state index contributed by atoms with van der Waals surface area (Å²) in [5.74, 6) is 0.379. The number of phenolic OH excluding ortho intramolecular Hbond substituents is 2. The zero-order chi connectivity index (χ0) is 44.6. The first-order chi connectivity index (χ1) is 30.8. The molecule has 3 aromatic carbocycles. The maximum absolute atomic E-state index is 13.5. The maximum atomic E-state index is 13.5. The fourth-order valence-electron chi connectivity index (χ4n) is 10.1. The van der Waals surface area contributed by atoms with E-state index < -0.39 is 11.6 Å². The molecule has 15 heteroatoms. The van der Waals surface area contributed by atoms with Crippen LogP contribution >= 0.6 is 0 Å². The number of ether oxygens (including phenoxy) is 2. The van der Waals surface area contributed by atoms with Crippen molar-refractivity contribution in [2.75, 3.05) is 26.2 Å². The molecule has 0 spiro atoms. The van der Waals surface area contributed by atoms with Crippen LogP contribution in [0, 0.1) is 5.92 Å². The molecule has 0 saturated carbocycles. The molecule has 0 bridgehead atoms. The highest BCUT2D eigenvalue weighted by molar-refractivity contribution is 5.92. The molecule has 1 fully saturated rings. The highest BCUT2D eigenvalue weighted by atomic mass is 16.6. The average Bonchev–Trinajstić information content (AvgIpc) is 3.99. The van der Waals surface area contributed by atoms with Crippen LogP contribution in [0.3, 0.4) is 0 Å². The second-order valence-electron chi connectivity index (χ2n) is 17.7. The average molecular weight is 866 g/mol. The number of amides is 1. The van der Waals surface area contributed by atoms with Gasteiger partial charge in [0.1, 0.15) is 23.9 Å². The van der Waals surface area contributed by atoms with Crippen LogP contribution in [-0.2, 0) is 29.0 Å². The zero-order valence-corrected chi connectivity index (χ0v) is 36.3. The van der Waals surface area contributed by atoms with Gasteiger partial charge >= 0.3 is 18.1 Å². The molecule has 1 atom stereocenters. The van der Waals surface area contributed by atoms with Crippen LogP contribution in [0.2, 0.25) is 0 Å². The molecule has 1 amide bonds.